The van der Waals surface area contributed by atoms with Crippen LogP contribution in [0.25, 0.3) is 0 Å². The summed E-state index contributed by atoms with van der Waals surface area (Å²) in [5, 5.41) is 3.52. The van der Waals surface area contributed by atoms with Crippen LogP contribution in [0.3, 0.4) is 0 Å². The minimum atomic E-state index is -0.278. The molecule has 1 aliphatic rings. The van der Waals surface area contributed by atoms with Gasteiger partial charge in [0.2, 0.25) is 5.91 Å². The highest BCUT2D eigenvalue weighted by molar-refractivity contribution is 9.10. The third-order valence-corrected chi connectivity index (χ3v) is 5.64. The van der Waals surface area contributed by atoms with E-state index in [9.17, 15) is 9.59 Å². The minimum absolute atomic E-state index is 0.0180. The number of nitrogens with one attached hydrogen (secondary N) is 1. The number of nitrogens with zero attached hydrogens (tertiary/aromatic N) is 2. The molecule has 1 heterocycles. The van der Waals surface area contributed by atoms with Crippen molar-refractivity contribution >= 4 is 45.0 Å². The number of hydrogen-bond acceptors (Lipinski definition) is 3. The van der Waals surface area contributed by atoms with Crippen LogP contribution in [0.2, 0.25) is 5.02 Å². The normalized spacial score (nSPS) is 16.3. The summed E-state index contributed by atoms with van der Waals surface area (Å²) in [6.07, 6.45) is 0.820. The van der Waals surface area contributed by atoms with E-state index in [0.717, 1.165) is 23.1 Å². The first kappa shape index (κ1) is 20.8. The van der Waals surface area contributed by atoms with Crippen molar-refractivity contribution < 1.29 is 9.59 Å². The second kappa shape index (κ2) is 9.54. The van der Waals surface area contributed by atoms with E-state index >= 15 is 0 Å². The lowest BCUT2D eigenvalue weighted by Gasteiger charge is -2.27. The van der Waals surface area contributed by atoms with Crippen molar-refractivity contribution in [3.05, 3.63) is 63.6 Å². The number of halogens is 2. The SMILES string of the molecule is CC(C(=O)Nc1cccc(Br)c1)N1CCCN(C(=O)c2cccc(Cl)c2)CC1. The summed E-state index contributed by atoms with van der Waals surface area (Å²) in [5.41, 5.74) is 1.36. The molecule has 7 heteroatoms. The van der Waals surface area contributed by atoms with Gasteiger partial charge in [-0.05, 0) is 49.7 Å². The molecular formula is C21H23BrClN3O2. The average Bonchev–Trinajstić information content (AvgIpc) is 2.93. The first-order valence-corrected chi connectivity index (χ1v) is 10.5. The van der Waals surface area contributed by atoms with Crippen LogP contribution >= 0.6 is 27.5 Å². The van der Waals surface area contributed by atoms with Crippen molar-refractivity contribution in [1.82, 2.24) is 9.80 Å². The third kappa shape index (κ3) is 5.34. The first-order chi connectivity index (χ1) is 13.4. The maximum atomic E-state index is 12.8. The molecule has 148 valence electrons. The average molecular weight is 465 g/mol. The summed E-state index contributed by atoms with van der Waals surface area (Å²) in [6.45, 7) is 4.58. The van der Waals surface area contributed by atoms with Crippen LogP contribution in [-0.2, 0) is 4.79 Å². The fourth-order valence-electron chi connectivity index (χ4n) is 3.31. The zero-order valence-electron chi connectivity index (χ0n) is 15.7. The van der Waals surface area contributed by atoms with Gasteiger partial charge in [0.05, 0.1) is 6.04 Å². The Morgan fingerprint density at radius 1 is 1.07 bits per heavy atom. The van der Waals surface area contributed by atoms with Gasteiger partial charge in [-0.15, -0.1) is 0 Å². The van der Waals surface area contributed by atoms with E-state index in [-0.39, 0.29) is 17.9 Å². The van der Waals surface area contributed by atoms with E-state index in [4.69, 9.17) is 11.6 Å². The van der Waals surface area contributed by atoms with Gasteiger partial charge in [0.25, 0.3) is 5.91 Å². The predicted molar refractivity (Wildman–Crippen MR) is 116 cm³/mol. The molecule has 1 aliphatic heterocycles. The van der Waals surface area contributed by atoms with E-state index < -0.39 is 0 Å². The maximum absolute atomic E-state index is 12.8. The lowest BCUT2D eigenvalue weighted by Crippen LogP contribution is -2.44. The Balaban J connectivity index is 1.59. The van der Waals surface area contributed by atoms with Crippen molar-refractivity contribution in [2.75, 3.05) is 31.5 Å². The monoisotopic (exact) mass is 463 g/mol. The fourth-order valence-corrected chi connectivity index (χ4v) is 3.90. The number of amides is 2. The predicted octanol–water partition coefficient (Wildman–Crippen LogP) is 4.28. The van der Waals surface area contributed by atoms with Crippen molar-refractivity contribution in [3.63, 3.8) is 0 Å². The summed E-state index contributed by atoms with van der Waals surface area (Å²) in [4.78, 5) is 29.4. The molecule has 1 N–H and O–H groups in total. The van der Waals surface area contributed by atoms with Gasteiger partial charge in [0, 0.05) is 46.9 Å². The van der Waals surface area contributed by atoms with Gasteiger partial charge < -0.3 is 10.2 Å². The van der Waals surface area contributed by atoms with Gasteiger partial charge in [-0.1, -0.05) is 39.7 Å². The van der Waals surface area contributed by atoms with Gasteiger partial charge in [0.15, 0.2) is 0 Å². The Hall–Kier alpha value is -1.89. The maximum Gasteiger partial charge on any atom is 0.253 e. The Labute approximate surface area is 178 Å². The number of carbonyl (C=O) groups is 2. The van der Waals surface area contributed by atoms with Crippen LogP contribution in [0, 0.1) is 0 Å². The lowest BCUT2D eigenvalue weighted by atomic mass is 10.2. The highest BCUT2D eigenvalue weighted by Gasteiger charge is 2.26. The number of anilines is 1. The third-order valence-electron chi connectivity index (χ3n) is 4.91. The fraction of sp³-hybridized carbons (Fsp3) is 0.333. The molecule has 2 amide bonds. The van der Waals surface area contributed by atoms with Crippen molar-refractivity contribution in [2.45, 2.75) is 19.4 Å². The van der Waals surface area contributed by atoms with Gasteiger partial charge >= 0.3 is 0 Å². The zero-order valence-corrected chi connectivity index (χ0v) is 18.0. The summed E-state index contributed by atoms with van der Waals surface area (Å²) in [7, 11) is 0. The molecule has 0 saturated carbocycles. The standard InChI is InChI=1S/C21H23BrClN3O2/c1-15(20(27)24-19-8-3-6-17(22)14-19)25-9-4-10-26(12-11-25)21(28)16-5-2-7-18(23)13-16/h2-3,5-8,13-15H,4,9-12H2,1H3,(H,24,27). The molecule has 1 saturated heterocycles. The molecule has 28 heavy (non-hydrogen) atoms. The van der Waals surface area contributed by atoms with Crippen molar-refractivity contribution in [2.24, 2.45) is 0 Å². The van der Waals surface area contributed by atoms with E-state index in [1.807, 2.05) is 36.1 Å². The van der Waals surface area contributed by atoms with E-state index in [1.54, 1.807) is 24.3 Å². The van der Waals surface area contributed by atoms with Crippen LogP contribution in [0.15, 0.2) is 53.0 Å². The first-order valence-electron chi connectivity index (χ1n) is 9.29. The molecular weight excluding hydrogens is 442 g/mol. The number of rotatable bonds is 4. The smallest absolute Gasteiger partial charge is 0.253 e. The highest BCUT2D eigenvalue weighted by Crippen LogP contribution is 2.18. The summed E-state index contributed by atoms with van der Waals surface area (Å²) < 4.78 is 0.919. The molecule has 5 nitrogen and oxygen atoms in total. The van der Waals surface area contributed by atoms with Gasteiger partial charge in [-0.2, -0.15) is 0 Å². The topological polar surface area (TPSA) is 52.7 Å². The molecule has 1 atom stereocenters. The largest absolute Gasteiger partial charge is 0.337 e. The number of carbonyl (C=O) groups excluding carboxylic acids is 2. The molecule has 0 radical (unpaired) electrons. The van der Waals surface area contributed by atoms with E-state index in [2.05, 4.69) is 26.1 Å². The van der Waals surface area contributed by atoms with Crippen molar-refractivity contribution in [1.29, 1.82) is 0 Å². The molecule has 0 spiro atoms. The molecule has 0 aromatic heterocycles. The molecule has 3 rings (SSSR count). The number of benzene rings is 2. The van der Waals surface area contributed by atoms with E-state index in [1.165, 1.54) is 0 Å². The second-order valence-corrected chi connectivity index (χ2v) is 8.22. The lowest BCUT2D eigenvalue weighted by molar-refractivity contribution is -0.120. The molecule has 0 bridgehead atoms. The van der Waals surface area contributed by atoms with Gasteiger partial charge in [0.1, 0.15) is 0 Å². The summed E-state index contributed by atoms with van der Waals surface area (Å²) in [6, 6.07) is 14.3. The molecule has 0 aliphatic carbocycles. The quantitative estimate of drug-likeness (QED) is 0.735. The Morgan fingerprint density at radius 3 is 2.61 bits per heavy atom. The molecule has 2 aromatic carbocycles. The van der Waals surface area contributed by atoms with Gasteiger partial charge in [-0.3, -0.25) is 14.5 Å². The van der Waals surface area contributed by atoms with Crippen LogP contribution in [0.4, 0.5) is 5.69 Å². The second-order valence-electron chi connectivity index (χ2n) is 6.87. The van der Waals surface area contributed by atoms with Crippen LogP contribution in [-0.4, -0.2) is 53.8 Å². The highest BCUT2D eigenvalue weighted by atomic mass is 79.9. The summed E-state index contributed by atoms with van der Waals surface area (Å²) in [5.74, 6) is -0.0664. The molecule has 2 aromatic rings. The van der Waals surface area contributed by atoms with Crippen LogP contribution < -0.4 is 5.32 Å². The Kier molecular flexibility index (Phi) is 7.10. The molecule has 1 fully saturated rings. The zero-order chi connectivity index (χ0) is 20.1. The summed E-state index contributed by atoms with van der Waals surface area (Å²) >= 11 is 9.42. The van der Waals surface area contributed by atoms with Gasteiger partial charge in [-0.25, -0.2) is 0 Å². The van der Waals surface area contributed by atoms with Crippen molar-refractivity contribution in [3.8, 4) is 0 Å². The van der Waals surface area contributed by atoms with Crippen LogP contribution in [0.1, 0.15) is 23.7 Å². The minimum Gasteiger partial charge on any atom is -0.337 e. The Bertz CT molecular complexity index is 861. The molecule has 1 unspecified atom stereocenters. The van der Waals surface area contributed by atoms with E-state index in [0.29, 0.717) is 30.2 Å². The van der Waals surface area contributed by atoms with Crippen LogP contribution in [0.5, 0.6) is 0 Å². The Morgan fingerprint density at radius 2 is 1.86 bits per heavy atom. The number of hydrogen-bond donors (Lipinski definition) is 1.